The number of carboxylic acids is 1. The summed E-state index contributed by atoms with van der Waals surface area (Å²) in [5.74, 6) is -1.13. The lowest BCUT2D eigenvalue weighted by Crippen LogP contribution is -2.52. The number of carbonyl (C=O) groups excluding carboxylic acids is 1. The summed E-state index contributed by atoms with van der Waals surface area (Å²) in [6.07, 6.45) is -0.0321. The largest absolute Gasteiger partial charge is 0.480 e. The van der Waals surface area contributed by atoms with Crippen molar-refractivity contribution in [1.29, 1.82) is 0 Å². The Morgan fingerprint density at radius 3 is 2.19 bits per heavy atom. The molecule has 0 bridgehead atoms. The molecule has 0 spiro atoms. The van der Waals surface area contributed by atoms with Gasteiger partial charge in [-0.1, -0.05) is 41.9 Å². The van der Waals surface area contributed by atoms with Crippen molar-refractivity contribution >= 4 is 23.4 Å². The van der Waals surface area contributed by atoms with Gasteiger partial charge in [0.2, 0.25) is 0 Å². The maximum Gasteiger partial charge on any atom is 0.321 e. The first-order valence-corrected chi connectivity index (χ1v) is 9.42. The molecule has 1 N–H and O–H groups in total. The zero-order valence-corrected chi connectivity index (χ0v) is 15.8. The molecular weight excluding hydrogens is 364 g/mol. The van der Waals surface area contributed by atoms with Crippen LogP contribution in [0.15, 0.2) is 54.6 Å². The maximum atomic E-state index is 12.5. The molecule has 0 amide bonds. The maximum absolute atomic E-state index is 12.5. The van der Waals surface area contributed by atoms with Crippen molar-refractivity contribution in [1.82, 2.24) is 9.80 Å². The summed E-state index contributed by atoms with van der Waals surface area (Å²) >= 11 is 5.85. The number of halogens is 1. The van der Waals surface area contributed by atoms with E-state index in [-0.39, 0.29) is 12.2 Å². The summed E-state index contributed by atoms with van der Waals surface area (Å²) in [6, 6.07) is 16.0. The van der Waals surface area contributed by atoms with Crippen molar-refractivity contribution in [2.45, 2.75) is 19.0 Å². The van der Waals surface area contributed by atoms with E-state index in [1.165, 1.54) is 5.56 Å². The molecule has 3 rings (SSSR count). The number of piperazine rings is 1. The number of nitrogens with zero attached hydrogens (tertiary/aromatic N) is 2. The quantitative estimate of drug-likeness (QED) is 0.740. The monoisotopic (exact) mass is 386 g/mol. The third kappa shape index (κ3) is 5.39. The Balaban J connectivity index is 1.57. The summed E-state index contributed by atoms with van der Waals surface area (Å²) in [5, 5.41) is 10.2. The minimum Gasteiger partial charge on any atom is -0.480 e. The highest BCUT2D eigenvalue weighted by Gasteiger charge is 2.31. The van der Waals surface area contributed by atoms with Crippen LogP contribution >= 0.6 is 11.6 Å². The summed E-state index contributed by atoms with van der Waals surface area (Å²) in [4.78, 5) is 28.5. The number of benzene rings is 2. The summed E-state index contributed by atoms with van der Waals surface area (Å²) in [6.45, 7) is 3.70. The number of ketones is 1. The van der Waals surface area contributed by atoms with E-state index < -0.39 is 12.0 Å². The predicted molar refractivity (Wildman–Crippen MR) is 105 cm³/mol. The van der Waals surface area contributed by atoms with Gasteiger partial charge in [-0.2, -0.15) is 0 Å². The van der Waals surface area contributed by atoms with Gasteiger partial charge in [0.25, 0.3) is 0 Å². The lowest BCUT2D eigenvalue weighted by Gasteiger charge is -2.37. The number of carbonyl (C=O) groups is 2. The molecule has 0 aromatic heterocycles. The van der Waals surface area contributed by atoms with Gasteiger partial charge in [-0.05, 0) is 29.8 Å². The molecule has 5 nitrogen and oxygen atoms in total. The molecule has 2 aromatic rings. The van der Waals surface area contributed by atoms with Gasteiger partial charge in [-0.15, -0.1) is 0 Å². The van der Waals surface area contributed by atoms with Gasteiger partial charge in [-0.3, -0.25) is 19.4 Å². The molecule has 1 aliphatic heterocycles. The van der Waals surface area contributed by atoms with Crippen LogP contribution in [0.1, 0.15) is 22.3 Å². The number of aliphatic carboxylic acids is 1. The van der Waals surface area contributed by atoms with E-state index in [1.807, 2.05) is 23.1 Å². The first kappa shape index (κ1) is 19.5. The third-order valence-corrected chi connectivity index (χ3v) is 5.18. The van der Waals surface area contributed by atoms with Gasteiger partial charge in [0.1, 0.15) is 6.04 Å². The average Bonchev–Trinajstić information content (AvgIpc) is 2.68. The second-order valence-corrected chi connectivity index (χ2v) is 7.22. The highest BCUT2D eigenvalue weighted by atomic mass is 35.5. The Bertz CT molecular complexity index is 772. The fourth-order valence-corrected chi connectivity index (χ4v) is 3.50. The molecule has 1 fully saturated rings. The van der Waals surface area contributed by atoms with Crippen LogP contribution in [0.3, 0.4) is 0 Å². The van der Waals surface area contributed by atoms with Gasteiger partial charge >= 0.3 is 5.97 Å². The van der Waals surface area contributed by atoms with Gasteiger partial charge < -0.3 is 5.11 Å². The standard InChI is InChI=1S/C21H23ClN2O3/c22-18-8-6-17(7-9-18)20(25)14-19(21(26)27)24-12-10-23(11-13-24)15-16-4-2-1-3-5-16/h1-9,19H,10-15H2,(H,26,27)/t19-/m0/s1. The number of hydrogen-bond acceptors (Lipinski definition) is 4. The molecule has 0 aliphatic carbocycles. The average molecular weight is 387 g/mol. The van der Waals surface area contributed by atoms with Crippen LogP contribution in [0.2, 0.25) is 5.02 Å². The fourth-order valence-electron chi connectivity index (χ4n) is 3.38. The summed E-state index contributed by atoms with van der Waals surface area (Å²) < 4.78 is 0. The minimum absolute atomic E-state index is 0.0321. The Hall–Kier alpha value is -2.21. The predicted octanol–water partition coefficient (Wildman–Crippen LogP) is 3.18. The normalized spacial score (nSPS) is 16.8. The molecule has 1 heterocycles. The van der Waals surface area contributed by atoms with Crippen LogP contribution in [0.4, 0.5) is 0 Å². The lowest BCUT2D eigenvalue weighted by atomic mass is 10.0. The van der Waals surface area contributed by atoms with Crippen molar-refractivity contribution in [3.05, 3.63) is 70.7 Å². The molecule has 27 heavy (non-hydrogen) atoms. The number of Topliss-reactive ketones (excluding diaryl/α,β-unsaturated/α-hetero) is 1. The molecule has 1 saturated heterocycles. The molecule has 142 valence electrons. The van der Waals surface area contributed by atoms with Gasteiger partial charge in [0.15, 0.2) is 5.78 Å². The van der Waals surface area contributed by atoms with Crippen LogP contribution < -0.4 is 0 Å². The molecule has 2 aromatic carbocycles. The Morgan fingerprint density at radius 1 is 0.963 bits per heavy atom. The smallest absolute Gasteiger partial charge is 0.321 e. The van der Waals surface area contributed by atoms with Crippen molar-refractivity contribution in [3.8, 4) is 0 Å². The van der Waals surface area contributed by atoms with Crippen molar-refractivity contribution < 1.29 is 14.7 Å². The molecular formula is C21H23ClN2O3. The van der Waals surface area contributed by atoms with Crippen LogP contribution in [0, 0.1) is 0 Å². The van der Waals surface area contributed by atoms with E-state index in [9.17, 15) is 14.7 Å². The molecule has 6 heteroatoms. The van der Waals surface area contributed by atoms with Gasteiger partial charge in [-0.25, -0.2) is 0 Å². The van der Waals surface area contributed by atoms with Crippen LogP contribution in [-0.2, 0) is 11.3 Å². The number of carboxylic acid groups (broad SMARTS) is 1. The topological polar surface area (TPSA) is 60.9 Å². The minimum atomic E-state index is -0.950. The molecule has 1 aliphatic rings. The van der Waals surface area contributed by atoms with Crippen molar-refractivity contribution in [3.63, 3.8) is 0 Å². The van der Waals surface area contributed by atoms with Crippen molar-refractivity contribution in [2.75, 3.05) is 26.2 Å². The second-order valence-electron chi connectivity index (χ2n) is 6.79. The van der Waals surface area contributed by atoms with E-state index in [4.69, 9.17) is 11.6 Å². The third-order valence-electron chi connectivity index (χ3n) is 4.93. The lowest BCUT2D eigenvalue weighted by molar-refractivity contribution is -0.144. The van der Waals surface area contributed by atoms with E-state index >= 15 is 0 Å². The van der Waals surface area contributed by atoms with Crippen molar-refractivity contribution in [2.24, 2.45) is 0 Å². The van der Waals surface area contributed by atoms with E-state index in [2.05, 4.69) is 17.0 Å². The summed E-state index contributed by atoms with van der Waals surface area (Å²) in [5.41, 5.74) is 1.74. The van der Waals surface area contributed by atoms with Crippen LogP contribution in [0.5, 0.6) is 0 Å². The van der Waals surface area contributed by atoms with E-state index in [1.54, 1.807) is 24.3 Å². The zero-order valence-electron chi connectivity index (χ0n) is 15.1. The Morgan fingerprint density at radius 2 is 1.59 bits per heavy atom. The Kier molecular flexibility index (Phi) is 6.61. The molecule has 0 saturated carbocycles. The highest BCUT2D eigenvalue weighted by Crippen LogP contribution is 2.17. The number of rotatable bonds is 7. The first-order valence-electron chi connectivity index (χ1n) is 9.05. The van der Waals surface area contributed by atoms with E-state index in [0.29, 0.717) is 23.7 Å². The fraction of sp³-hybridized carbons (Fsp3) is 0.333. The first-order chi connectivity index (χ1) is 13.0. The zero-order chi connectivity index (χ0) is 19.2. The summed E-state index contributed by atoms with van der Waals surface area (Å²) in [7, 11) is 0. The van der Waals surface area contributed by atoms with E-state index in [0.717, 1.165) is 19.6 Å². The molecule has 0 radical (unpaired) electrons. The second kappa shape index (κ2) is 9.13. The van der Waals surface area contributed by atoms with Gasteiger partial charge in [0, 0.05) is 49.7 Å². The number of hydrogen-bond donors (Lipinski definition) is 1. The molecule has 0 unspecified atom stereocenters. The van der Waals surface area contributed by atoms with Crippen LogP contribution in [-0.4, -0.2) is 58.9 Å². The SMILES string of the molecule is O=C(C[C@@H](C(=O)O)N1CCN(Cc2ccccc2)CC1)c1ccc(Cl)cc1. The molecule has 1 atom stereocenters. The van der Waals surface area contributed by atoms with Crippen LogP contribution in [0.25, 0.3) is 0 Å². The van der Waals surface area contributed by atoms with Gasteiger partial charge in [0.05, 0.1) is 0 Å². The highest BCUT2D eigenvalue weighted by molar-refractivity contribution is 6.30. The Labute approximate surface area is 164 Å².